The standard InChI is InChI=1S/C12H12BrF2N/c1-3-5-11(16-4-2)12-9(14)6-8(13)7-10(12)15/h1,6-7,11,16H,4-5H2,2H3. The first-order valence-electron chi connectivity index (χ1n) is 4.91. The molecule has 0 fully saturated rings. The lowest BCUT2D eigenvalue weighted by molar-refractivity contribution is 0.480. The molecule has 0 bridgehead atoms. The molecule has 1 rings (SSSR count). The monoisotopic (exact) mass is 287 g/mol. The van der Waals surface area contributed by atoms with Crippen molar-refractivity contribution in [2.75, 3.05) is 6.54 Å². The third-order valence-electron chi connectivity index (χ3n) is 2.16. The first-order chi connectivity index (χ1) is 7.60. The highest BCUT2D eigenvalue weighted by Gasteiger charge is 2.19. The summed E-state index contributed by atoms with van der Waals surface area (Å²) in [6.45, 7) is 2.46. The van der Waals surface area contributed by atoms with Gasteiger partial charge in [0.1, 0.15) is 11.6 Å². The Morgan fingerprint density at radius 3 is 2.44 bits per heavy atom. The van der Waals surface area contributed by atoms with Gasteiger partial charge < -0.3 is 5.32 Å². The molecule has 4 heteroatoms. The molecular formula is C12H12BrF2N. The summed E-state index contributed by atoms with van der Waals surface area (Å²) in [5.74, 6) is 1.23. The maximum Gasteiger partial charge on any atom is 0.132 e. The molecule has 1 aromatic carbocycles. The molecular weight excluding hydrogens is 276 g/mol. The Balaban J connectivity index is 3.13. The van der Waals surface area contributed by atoms with Gasteiger partial charge in [-0.3, -0.25) is 0 Å². The van der Waals surface area contributed by atoms with Gasteiger partial charge in [0.25, 0.3) is 0 Å². The van der Waals surface area contributed by atoms with Crippen LogP contribution >= 0.6 is 15.9 Å². The topological polar surface area (TPSA) is 12.0 Å². The van der Waals surface area contributed by atoms with Crippen LogP contribution in [0.1, 0.15) is 24.9 Å². The first kappa shape index (κ1) is 13.1. The van der Waals surface area contributed by atoms with E-state index in [1.807, 2.05) is 6.92 Å². The van der Waals surface area contributed by atoms with Gasteiger partial charge in [0.05, 0.1) is 0 Å². The van der Waals surface area contributed by atoms with Crippen LogP contribution in [0.25, 0.3) is 0 Å². The Bertz CT molecular complexity index is 389. The molecule has 1 N–H and O–H groups in total. The fourth-order valence-corrected chi connectivity index (χ4v) is 1.93. The Labute approximate surface area is 102 Å². The summed E-state index contributed by atoms with van der Waals surface area (Å²) in [6, 6.07) is 1.99. The first-order valence-corrected chi connectivity index (χ1v) is 5.70. The van der Waals surface area contributed by atoms with E-state index in [1.165, 1.54) is 12.1 Å². The molecule has 0 saturated carbocycles. The van der Waals surface area contributed by atoms with Crippen LogP contribution in [0, 0.1) is 24.0 Å². The van der Waals surface area contributed by atoms with E-state index < -0.39 is 17.7 Å². The van der Waals surface area contributed by atoms with E-state index in [9.17, 15) is 8.78 Å². The number of rotatable bonds is 4. The second-order valence-electron chi connectivity index (χ2n) is 3.30. The Morgan fingerprint density at radius 1 is 1.44 bits per heavy atom. The van der Waals surface area contributed by atoms with Crippen LogP contribution < -0.4 is 5.32 Å². The van der Waals surface area contributed by atoms with Crippen LogP contribution in [0.3, 0.4) is 0 Å². The van der Waals surface area contributed by atoms with Gasteiger partial charge in [-0.15, -0.1) is 12.3 Å². The van der Waals surface area contributed by atoms with Gasteiger partial charge in [0.2, 0.25) is 0 Å². The second kappa shape index (κ2) is 5.97. The lowest BCUT2D eigenvalue weighted by Gasteiger charge is -2.17. The van der Waals surface area contributed by atoms with Crippen LogP contribution in [-0.2, 0) is 0 Å². The molecule has 16 heavy (non-hydrogen) atoms. The van der Waals surface area contributed by atoms with Crippen LogP contribution in [0.5, 0.6) is 0 Å². The highest BCUT2D eigenvalue weighted by molar-refractivity contribution is 9.10. The summed E-state index contributed by atoms with van der Waals surface area (Å²) in [6.07, 6.45) is 5.44. The molecule has 1 unspecified atom stereocenters. The fourth-order valence-electron chi connectivity index (χ4n) is 1.53. The normalized spacial score (nSPS) is 12.2. The van der Waals surface area contributed by atoms with Crippen LogP contribution in [0.15, 0.2) is 16.6 Å². The third-order valence-corrected chi connectivity index (χ3v) is 2.62. The van der Waals surface area contributed by atoms with E-state index in [-0.39, 0.29) is 12.0 Å². The van der Waals surface area contributed by atoms with Gasteiger partial charge in [-0.2, -0.15) is 0 Å². The third kappa shape index (κ3) is 3.03. The summed E-state index contributed by atoms with van der Waals surface area (Å²) >= 11 is 3.03. The lowest BCUT2D eigenvalue weighted by Crippen LogP contribution is -2.22. The molecule has 1 aromatic rings. The molecule has 1 atom stereocenters. The molecule has 0 saturated heterocycles. The number of hydrogen-bond donors (Lipinski definition) is 1. The molecule has 0 aliphatic heterocycles. The predicted molar refractivity (Wildman–Crippen MR) is 63.9 cm³/mol. The highest BCUT2D eigenvalue weighted by atomic mass is 79.9. The van der Waals surface area contributed by atoms with E-state index >= 15 is 0 Å². The summed E-state index contributed by atoms with van der Waals surface area (Å²) in [7, 11) is 0. The van der Waals surface area contributed by atoms with Crippen molar-refractivity contribution >= 4 is 15.9 Å². The summed E-state index contributed by atoms with van der Waals surface area (Å²) in [4.78, 5) is 0. The Kier molecular flexibility index (Phi) is 4.91. The van der Waals surface area contributed by atoms with Gasteiger partial charge in [-0.25, -0.2) is 8.78 Å². The highest BCUT2D eigenvalue weighted by Crippen LogP contribution is 2.26. The van der Waals surface area contributed by atoms with Crippen molar-refractivity contribution in [1.29, 1.82) is 0 Å². The van der Waals surface area contributed by atoms with Crippen molar-refractivity contribution in [3.8, 4) is 12.3 Å². The molecule has 0 spiro atoms. The zero-order valence-corrected chi connectivity index (χ0v) is 10.4. The molecule has 0 amide bonds. The minimum atomic E-state index is -0.590. The summed E-state index contributed by atoms with van der Waals surface area (Å²) in [5.41, 5.74) is 0.00278. The number of nitrogens with one attached hydrogen (secondary N) is 1. The minimum absolute atomic E-state index is 0.00278. The largest absolute Gasteiger partial charge is 0.309 e. The van der Waals surface area contributed by atoms with Crippen molar-refractivity contribution in [3.05, 3.63) is 33.8 Å². The van der Waals surface area contributed by atoms with Crippen LogP contribution in [0.4, 0.5) is 8.78 Å². The second-order valence-corrected chi connectivity index (χ2v) is 4.22. The van der Waals surface area contributed by atoms with Crippen molar-refractivity contribution in [1.82, 2.24) is 5.32 Å². The van der Waals surface area contributed by atoms with Crippen molar-refractivity contribution in [3.63, 3.8) is 0 Å². The Hall–Kier alpha value is -0.920. The number of hydrogen-bond acceptors (Lipinski definition) is 1. The zero-order valence-electron chi connectivity index (χ0n) is 8.86. The minimum Gasteiger partial charge on any atom is -0.309 e. The molecule has 86 valence electrons. The molecule has 0 heterocycles. The molecule has 1 nitrogen and oxygen atoms in total. The van der Waals surface area contributed by atoms with E-state index in [2.05, 4.69) is 27.2 Å². The van der Waals surface area contributed by atoms with Gasteiger partial charge >= 0.3 is 0 Å². The van der Waals surface area contributed by atoms with Crippen molar-refractivity contribution in [2.45, 2.75) is 19.4 Å². The van der Waals surface area contributed by atoms with E-state index in [0.717, 1.165) is 0 Å². The van der Waals surface area contributed by atoms with Crippen LogP contribution in [0.2, 0.25) is 0 Å². The smallest absolute Gasteiger partial charge is 0.132 e. The average Bonchev–Trinajstić information content (AvgIpc) is 2.16. The molecule has 0 aliphatic carbocycles. The maximum absolute atomic E-state index is 13.6. The fraction of sp³-hybridized carbons (Fsp3) is 0.333. The van der Waals surface area contributed by atoms with Gasteiger partial charge in [-0.05, 0) is 18.7 Å². The maximum atomic E-state index is 13.6. The molecule has 0 radical (unpaired) electrons. The Morgan fingerprint density at radius 2 is 2.00 bits per heavy atom. The van der Waals surface area contributed by atoms with Gasteiger partial charge in [-0.1, -0.05) is 22.9 Å². The summed E-state index contributed by atoms with van der Waals surface area (Å²) < 4.78 is 27.6. The lowest BCUT2D eigenvalue weighted by atomic mass is 10.0. The quantitative estimate of drug-likeness (QED) is 0.837. The average molecular weight is 288 g/mol. The van der Waals surface area contributed by atoms with Crippen molar-refractivity contribution in [2.24, 2.45) is 0 Å². The van der Waals surface area contributed by atoms with Gasteiger partial charge in [0.15, 0.2) is 0 Å². The van der Waals surface area contributed by atoms with E-state index in [1.54, 1.807) is 0 Å². The van der Waals surface area contributed by atoms with E-state index in [0.29, 0.717) is 11.0 Å². The predicted octanol–water partition coefficient (Wildman–Crippen LogP) is 3.40. The molecule has 0 aromatic heterocycles. The van der Waals surface area contributed by atoms with Crippen LogP contribution in [-0.4, -0.2) is 6.54 Å². The summed E-state index contributed by atoms with van der Waals surface area (Å²) in [5, 5.41) is 2.96. The zero-order chi connectivity index (χ0) is 12.1. The molecule has 0 aliphatic rings. The SMILES string of the molecule is C#CCC(NCC)c1c(F)cc(Br)cc1F. The number of benzene rings is 1. The number of terminal acetylenes is 1. The number of halogens is 3. The van der Waals surface area contributed by atoms with Crippen molar-refractivity contribution < 1.29 is 8.78 Å². The van der Waals surface area contributed by atoms with E-state index in [4.69, 9.17) is 6.42 Å². The van der Waals surface area contributed by atoms with Gasteiger partial charge in [0, 0.05) is 22.5 Å².